The molecule has 3 nitrogen and oxygen atoms in total. The van der Waals surface area contributed by atoms with Crippen LogP contribution in [0.2, 0.25) is 0 Å². The molecular weight excluding hydrogens is 198 g/mol. The van der Waals surface area contributed by atoms with Gasteiger partial charge in [0.25, 0.3) is 0 Å². The fourth-order valence-corrected chi connectivity index (χ4v) is 2.56. The van der Waals surface area contributed by atoms with E-state index in [2.05, 4.69) is 15.4 Å². The number of fused-ring (bicyclic) bond motifs is 3. The van der Waals surface area contributed by atoms with Crippen molar-refractivity contribution in [3.8, 4) is 0 Å². The van der Waals surface area contributed by atoms with Crippen LogP contribution >= 0.6 is 0 Å². The molecule has 3 aliphatic heterocycles. The average molecular weight is 215 g/mol. The topological polar surface area (TPSA) is 27.6 Å². The van der Waals surface area contributed by atoms with Gasteiger partial charge in [0.2, 0.25) is 0 Å². The molecule has 1 aromatic carbocycles. The molecule has 0 aromatic heterocycles. The van der Waals surface area contributed by atoms with Crippen molar-refractivity contribution in [1.29, 1.82) is 0 Å². The highest BCUT2D eigenvalue weighted by atomic mass is 15.3. The van der Waals surface area contributed by atoms with E-state index in [1.165, 1.54) is 31.6 Å². The van der Waals surface area contributed by atoms with Crippen LogP contribution in [-0.2, 0) is 0 Å². The van der Waals surface area contributed by atoms with Gasteiger partial charge in [-0.2, -0.15) is 5.10 Å². The second-order valence-corrected chi connectivity index (χ2v) is 4.63. The largest absolute Gasteiger partial charge is 0.298 e. The third-order valence-electron chi connectivity index (χ3n) is 3.55. The Balaban J connectivity index is 1.69. The molecule has 3 aliphatic rings. The first-order valence-corrected chi connectivity index (χ1v) is 6.02. The Kier molecular flexibility index (Phi) is 2.62. The Morgan fingerprint density at radius 1 is 1.12 bits per heavy atom. The minimum absolute atomic E-state index is 0.723. The van der Waals surface area contributed by atoms with E-state index < -0.39 is 0 Å². The number of hydrazone groups is 1. The van der Waals surface area contributed by atoms with Gasteiger partial charge in [0, 0.05) is 12.5 Å². The number of benzene rings is 1. The Morgan fingerprint density at radius 3 is 2.50 bits per heavy atom. The maximum atomic E-state index is 4.56. The number of nitrogens with zero attached hydrogens (tertiary/aromatic N) is 2. The number of hydrogen-bond donors (Lipinski definition) is 1. The summed E-state index contributed by atoms with van der Waals surface area (Å²) in [6.07, 6.45) is 2.57. The van der Waals surface area contributed by atoms with Crippen molar-refractivity contribution >= 4 is 11.4 Å². The molecule has 16 heavy (non-hydrogen) atoms. The molecule has 0 aliphatic carbocycles. The molecule has 2 bridgehead atoms. The lowest BCUT2D eigenvalue weighted by Crippen LogP contribution is -2.48. The molecule has 1 aromatic rings. The van der Waals surface area contributed by atoms with Gasteiger partial charge < -0.3 is 0 Å². The maximum Gasteiger partial charge on any atom is 0.0561 e. The fraction of sp³-hybridized carbons (Fsp3) is 0.462. The highest BCUT2D eigenvalue weighted by molar-refractivity contribution is 5.90. The average Bonchev–Trinajstić information content (AvgIpc) is 2.39. The van der Waals surface area contributed by atoms with Crippen molar-refractivity contribution in [2.75, 3.05) is 25.1 Å². The standard InChI is InChI=1S/C13H17N3/c1-2-4-12(5-3-1)14-15-13-10-16-8-6-11(13)7-9-16/h1-5,11,14H,6-10H2/b15-13+. The predicted molar refractivity (Wildman–Crippen MR) is 66.7 cm³/mol. The van der Waals surface area contributed by atoms with Crippen molar-refractivity contribution in [2.45, 2.75) is 12.8 Å². The van der Waals surface area contributed by atoms with Crippen LogP contribution in [0.15, 0.2) is 35.4 Å². The Morgan fingerprint density at radius 2 is 1.88 bits per heavy atom. The third kappa shape index (κ3) is 1.95. The van der Waals surface area contributed by atoms with Crippen LogP contribution in [0.3, 0.4) is 0 Å². The smallest absolute Gasteiger partial charge is 0.0561 e. The molecule has 1 N–H and O–H groups in total. The summed E-state index contributed by atoms with van der Waals surface area (Å²) in [5, 5.41) is 4.56. The van der Waals surface area contributed by atoms with Crippen LogP contribution in [0, 0.1) is 5.92 Å². The molecule has 0 unspecified atom stereocenters. The zero-order chi connectivity index (χ0) is 10.8. The second kappa shape index (κ2) is 4.26. The molecule has 4 rings (SSSR count). The van der Waals surface area contributed by atoms with E-state index in [0.717, 1.165) is 18.2 Å². The van der Waals surface area contributed by atoms with Gasteiger partial charge in [0.1, 0.15) is 0 Å². The van der Waals surface area contributed by atoms with Crippen molar-refractivity contribution in [1.82, 2.24) is 4.90 Å². The predicted octanol–water partition coefficient (Wildman–Crippen LogP) is 2.18. The first-order valence-electron chi connectivity index (χ1n) is 6.02. The molecule has 0 radical (unpaired) electrons. The molecule has 0 amide bonds. The lowest BCUT2D eigenvalue weighted by molar-refractivity contribution is 0.200. The van der Waals surface area contributed by atoms with E-state index in [9.17, 15) is 0 Å². The number of anilines is 1. The number of rotatable bonds is 2. The highest BCUT2D eigenvalue weighted by Gasteiger charge is 2.30. The molecule has 3 fully saturated rings. The molecular formula is C13H17N3. The molecule has 3 heterocycles. The zero-order valence-electron chi connectivity index (χ0n) is 9.39. The summed E-state index contributed by atoms with van der Waals surface area (Å²) in [7, 11) is 0. The summed E-state index contributed by atoms with van der Waals surface area (Å²) in [6.45, 7) is 3.58. The molecule has 84 valence electrons. The molecule has 0 atom stereocenters. The summed E-state index contributed by atoms with van der Waals surface area (Å²) in [5.74, 6) is 0.723. The van der Waals surface area contributed by atoms with Crippen LogP contribution in [0.5, 0.6) is 0 Å². The summed E-state index contributed by atoms with van der Waals surface area (Å²) < 4.78 is 0. The number of nitrogens with one attached hydrogen (secondary N) is 1. The van der Waals surface area contributed by atoms with Gasteiger partial charge >= 0.3 is 0 Å². The number of hydrogen-bond acceptors (Lipinski definition) is 3. The van der Waals surface area contributed by atoms with Crippen LogP contribution in [0.25, 0.3) is 0 Å². The summed E-state index contributed by atoms with van der Waals surface area (Å²) in [5.41, 5.74) is 5.57. The lowest BCUT2D eigenvalue weighted by Gasteiger charge is -2.39. The van der Waals surface area contributed by atoms with Crippen LogP contribution in [0.4, 0.5) is 5.69 Å². The summed E-state index contributed by atoms with van der Waals surface area (Å²) in [6, 6.07) is 10.2. The maximum absolute atomic E-state index is 4.56. The Hall–Kier alpha value is -1.35. The fourth-order valence-electron chi connectivity index (χ4n) is 2.56. The van der Waals surface area contributed by atoms with Crippen LogP contribution < -0.4 is 5.43 Å². The molecule has 0 saturated carbocycles. The number of para-hydroxylation sites is 1. The van der Waals surface area contributed by atoms with E-state index in [0.29, 0.717) is 0 Å². The first kappa shape index (κ1) is 9.85. The lowest BCUT2D eigenvalue weighted by atomic mass is 9.87. The highest BCUT2D eigenvalue weighted by Crippen LogP contribution is 2.25. The van der Waals surface area contributed by atoms with E-state index >= 15 is 0 Å². The van der Waals surface area contributed by atoms with E-state index in [1.54, 1.807) is 0 Å². The van der Waals surface area contributed by atoms with Crippen molar-refractivity contribution in [2.24, 2.45) is 11.0 Å². The van der Waals surface area contributed by atoms with E-state index in [4.69, 9.17) is 0 Å². The molecule has 0 spiro atoms. The van der Waals surface area contributed by atoms with Crippen molar-refractivity contribution < 1.29 is 0 Å². The van der Waals surface area contributed by atoms with E-state index in [1.807, 2.05) is 30.3 Å². The quantitative estimate of drug-likeness (QED) is 0.766. The minimum Gasteiger partial charge on any atom is -0.298 e. The normalized spacial score (nSPS) is 30.6. The minimum atomic E-state index is 0.723. The zero-order valence-corrected chi connectivity index (χ0v) is 9.39. The van der Waals surface area contributed by atoms with Gasteiger partial charge in [-0.25, -0.2) is 0 Å². The second-order valence-electron chi connectivity index (χ2n) is 4.63. The van der Waals surface area contributed by atoms with Gasteiger partial charge in [0.05, 0.1) is 11.4 Å². The number of piperidine rings is 3. The molecule has 3 heteroatoms. The van der Waals surface area contributed by atoms with Gasteiger partial charge in [-0.1, -0.05) is 18.2 Å². The van der Waals surface area contributed by atoms with Gasteiger partial charge in [-0.3, -0.25) is 10.3 Å². The monoisotopic (exact) mass is 215 g/mol. The Labute approximate surface area is 96.1 Å². The van der Waals surface area contributed by atoms with Crippen LogP contribution in [0.1, 0.15) is 12.8 Å². The van der Waals surface area contributed by atoms with E-state index in [-0.39, 0.29) is 0 Å². The van der Waals surface area contributed by atoms with Crippen molar-refractivity contribution in [3.05, 3.63) is 30.3 Å². The molecule has 3 saturated heterocycles. The first-order chi connectivity index (χ1) is 7.92. The van der Waals surface area contributed by atoms with Crippen LogP contribution in [-0.4, -0.2) is 30.2 Å². The van der Waals surface area contributed by atoms with Gasteiger partial charge in [0.15, 0.2) is 0 Å². The SMILES string of the molecule is c1ccc(N/N=C2\CN3CCC2CC3)cc1. The van der Waals surface area contributed by atoms with Gasteiger partial charge in [-0.15, -0.1) is 0 Å². The Bertz CT molecular complexity index is 377. The van der Waals surface area contributed by atoms with Gasteiger partial charge in [-0.05, 0) is 38.1 Å². The van der Waals surface area contributed by atoms with Crippen molar-refractivity contribution in [3.63, 3.8) is 0 Å². The third-order valence-corrected chi connectivity index (χ3v) is 3.55. The summed E-state index contributed by atoms with van der Waals surface area (Å²) in [4.78, 5) is 2.49. The summed E-state index contributed by atoms with van der Waals surface area (Å²) >= 11 is 0.